The number of pyridine rings is 1. The molecule has 26 heavy (non-hydrogen) atoms. The van der Waals surface area contributed by atoms with E-state index in [1.54, 1.807) is 25.1 Å². The van der Waals surface area contributed by atoms with Crippen molar-refractivity contribution in [3.05, 3.63) is 74.6 Å². The monoisotopic (exact) mass is 370 g/mol. The zero-order valence-corrected chi connectivity index (χ0v) is 16.1. The van der Waals surface area contributed by atoms with Crippen molar-refractivity contribution in [1.82, 2.24) is 9.71 Å². The fourth-order valence-corrected chi connectivity index (χ4v) is 4.28. The predicted octanol–water partition coefficient (Wildman–Crippen LogP) is 3.24. The van der Waals surface area contributed by atoms with Gasteiger partial charge in [-0.1, -0.05) is 29.8 Å². The number of aromatic amines is 1. The minimum absolute atomic E-state index is 0.0617. The molecule has 3 aromatic rings. The van der Waals surface area contributed by atoms with Crippen molar-refractivity contribution in [2.24, 2.45) is 0 Å². The molecule has 5 nitrogen and oxygen atoms in total. The lowest BCUT2D eigenvalue weighted by molar-refractivity contribution is 0.580. The summed E-state index contributed by atoms with van der Waals surface area (Å²) in [6.07, 6.45) is 0. The fraction of sp³-hybridized carbons (Fsp3) is 0.250. The SMILES string of the molecule is Cc1ccc(S(=O)(=O)NCc2cc3ccc(C)c(C)c3[nH]c2=O)c(C)c1. The van der Waals surface area contributed by atoms with Crippen LogP contribution in [0.25, 0.3) is 10.9 Å². The molecule has 3 rings (SSSR count). The Balaban J connectivity index is 1.93. The molecule has 136 valence electrons. The van der Waals surface area contributed by atoms with Gasteiger partial charge in [0.15, 0.2) is 0 Å². The standard InChI is InChI=1S/C20H22N2O3S/c1-12-5-8-18(14(3)9-12)26(24,25)21-11-17-10-16-7-6-13(2)15(4)19(16)22-20(17)23/h5-10,21H,11H2,1-4H3,(H,22,23). The van der Waals surface area contributed by atoms with E-state index in [1.807, 2.05) is 39.0 Å². The lowest BCUT2D eigenvalue weighted by Gasteiger charge is -2.11. The van der Waals surface area contributed by atoms with E-state index in [-0.39, 0.29) is 17.0 Å². The van der Waals surface area contributed by atoms with Crippen molar-refractivity contribution in [3.63, 3.8) is 0 Å². The maximum atomic E-state index is 12.6. The van der Waals surface area contributed by atoms with Gasteiger partial charge in [-0.25, -0.2) is 13.1 Å². The smallest absolute Gasteiger partial charge is 0.252 e. The van der Waals surface area contributed by atoms with Gasteiger partial charge in [-0.2, -0.15) is 0 Å². The topological polar surface area (TPSA) is 79.0 Å². The molecule has 0 aliphatic rings. The molecule has 0 saturated carbocycles. The van der Waals surface area contributed by atoms with E-state index in [1.165, 1.54) is 0 Å². The third kappa shape index (κ3) is 3.43. The van der Waals surface area contributed by atoms with E-state index in [9.17, 15) is 13.2 Å². The van der Waals surface area contributed by atoms with Crippen LogP contribution < -0.4 is 10.3 Å². The van der Waals surface area contributed by atoms with Crippen LogP contribution in [0.3, 0.4) is 0 Å². The van der Waals surface area contributed by atoms with E-state index in [4.69, 9.17) is 0 Å². The number of hydrogen-bond acceptors (Lipinski definition) is 3. The lowest BCUT2D eigenvalue weighted by atomic mass is 10.0. The van der Waals surface area contributed by atoms with Gasteiger partial charge >= 0.3 is 0 Å². The lowest BCUT2D eigenvalue weighted by Crippen LogP contribution is -2.27. The molecule has 2 aromatic carbocycles. The van der Waals surface area contributed by atoms with Crippen LogP contribution in [0.4, 0.5) is 0 Å². The highest BCUT2D eigenvalue weighted by Crippen LogP contribution is 2.20. The maximum Gasteiger partial charge on any atom is 0.252 e. The third-order valence-corrected chi connectivity index (χ3v) is 6.26. The van der Waals surface area contributed by atoms with Crippen LogP contribution in [0.15, 0.2) is 46.1 Å². The Kier molecular flexibility index (Phi) is 4.73. The van der Waals surface area contributed by atoms with Crippen molar-refractivity contribution in [1.29, 1.82) is 0 Å². The predicted molar refractivity (Wildman–Crippen MR) is 104 cm³/mol. The number of rotatable bonds is 4. The zero-order chi connectivity index (χ0) is 19.1. The molecule has 0 aliphatic carbocycles. The Bertz CT molecular complexity index is 1160. The van der Waals surface area contributed by atoms with Crippen molar-refractivity contribution >= 4 is 20.9 Å². The highest BCUT2D eigenvalue weighted by atomic mass is 32.2. The summed E-state index contributed by atoms with van der Waals surface area (Å²) in [4.78, 5) is 15.5. The van der Waals surface area contributed by atoms with Crippen LogP contribution in [0.2, 0.25) is 0 Å². The van der Waals surface area contributed by atoms with Gasteiger partial charge in [0.1, 0.15) is 0 Å². The number of benzene rings is 2. The molecule has 0 atom stereocenters. The van der Waals surface area contributed by atoms with Gasteiger partial charge in [-0.3, -0.25) is 4.79 Å². The molecule has 1 aromatic heterocycles. The first kappa shape index (κ1) is 18.4. The molecule has 0 bridgehead atoms. The summed E-state index contributed by atoms with van der Waals surface area (Å²) in [6, 6.07) is 10.8. The summed E-state index contributed by atoms with van der Waals surface area (Å²) in [7, 11) is -3.69. The molecule has 0 saturated heterocycles. The number of fused-ring (bicyclic) bond motifs is 1. The Labute approximate surface area is 153 Å². The summed E-state index contributed by atoms with van der Waals surface area (Å²) >= 11 is 0. The number of aryl methyl sites for hydroxylation is 4. The normalized spacial score (nSPS) is 11.8. The minimum atomic E-state index is -3.69. The number of nitrogens with one attached hydrogen (secondary N) is 2. The first-order chi connectivity index (χ1) is 12.2. The second-order valence-corrected chi connectivity index (χ2v) is 8.42. The summed E-state index contributed by atoms with van der Waals surface area (Å²) in [6.45, 7) is 7.55. The molecule has 0 spiro atoms. The van der Waals surface area contributed by atoms with Crippen molar-refractivity contribution < 1.29 is 8.42 Å². The highest BCUT2D eigenvalue weighted by molar-refractivity contribution is 7.89. The minimum Gasteiger partial charge on any atom is -0.321 e. The summed E-state index contributed by atoms with van der Waals surface area (Å²) in [5, 5.41) is 0.883. The van der Waals surface area contributed by atoms with Crippen molar-refractivity contribution in [3.8, 4) is 0 Å². The average Bonchev–Trinajstić information content (AvgIpc) is 2.57. The molecule has 0 radical (unpaired) electrons. The van der Waals surface area contributed by atoms with Gasteiger partial charge in [0.2, 0.25) is 10.0 Å². The zero-order valence-electron chi connectivity index (χ0n) is 15.3. The molecule has 0 aliphatic heterocycles. The maximum absolute atomic E-state index is 12.6. The number of sulfonamides is 1. The fourth-order valence-electron chi connectivity index (χ4n) is 3.05. The first-order valence-corrected chi connectivity index (χ1v) is 9.86. The van der Waals surface area contributed by atoms with Crippen molar-refractivity contribution in [2.75, 3.05) is 0 Å². The quantitative estimate of drug-likeness (QED) is 0.740. The van der Waals surface area contributed by atoms with E-state index in [0.717, 1.165) is 27.6 Å². The number of hydrogen-bond donors (Lipinski definition) is 2. The summed E-state index contributed by atoms with van der Waals surface area (Å²) in [5.74, 6) is 0. The van der Waals surface area contributed by atoms with Gasteiger partial charge in [0.05, 0.1) is 10.4 Å². The number of aromatic nitrogens is 1. The molecule has 0 fully saturated rings. The van der Waals surface area contributed by atoms with Crippen LogP contribution in [-0.4, -0.2) is 13.4 Å². The van der Waals surface area contributed by atoms with Crippen molar-refractivity contribution in [2.45, 2.75) is 39.1 Å². The van der Waals surface area contributed by atoms with Crippen LogP contribution >= 0.6 is 0 Å². The van der Waals surface area contributed by atoms with E-state index in [0.29, 0.717) is 11.1 Å². The van der Waals surface area contributed by atoms with Crippen LogP contribution in [-0.2, 0) is 16.6 Å². The Hall–Kier alpha value is -2.44. The number of H-pyrrole nitrogens is 1. The second-order valence-electron chi connectivity index (χ2n) is 6.69. The molecule has 0 amide bonds. The van der Waals surface area contributed by atoms with Crippen LogP contribution in [0.5, 0.6) is 0 Å². The van der Waals surface area contributed by atoms with Gasteiger partial charge < -0.3 is 4.98 Å². The summed E-state index contributed by atoms with van der Waals surface area (Å²) < 4.78 is 27.7. The Morgan fingerprint density at radius 3 is 2.38 bits per heavy atom. The molecule has 1 heterocycles. The van der Waals surface area contributed by atoms with Gasteiger partial charge in [-0.05, 0) is 61.9 Å². The van der Waals surface area contributed by atoms with E-state index >= 15 is 0 Å². The molecular formula is C20H22N2O3S. The molecular weight excluding hydrogens is 348 g/mol. The highest BCUT2D eigenvalue weighted by Gasteiger charge is 2.17. The molecule has 2 N–H and O–H groups in total. The third-order valence-electron chi connectivity index (χ3n) is 4.70. The van der Waals surface area contributed by atoms with Gasteiger partial charge in [-0.15, -0.1) is 0 Å². The molecule has 0 unspecified atom stereocenters. The van der Waals surface area contributed by atoms with Crippen LogP contribution in [0, 0.1) is 27.7 Å². The van der Waals surface area contributed by atoms with Gasteiger partial charge in [0, 0.05) is 12.1 Å². The average molecular weight is 370 g/mol. The van der Waals surface area contributed by atoms with E-state index in [2.05, 4.69) is 9.71 Å². The van der Waals surface area contributed by atoms with Crippen LogP contribution in [0.1, 0.15) is 27.8 Å². The molecule has 6 heteroatoms. The largest absolute Gasteiger partial charge is 0.321 e. The van der Waals surface area contributed by atoms with E-state index < -0.39 is 10.0 Å². The second kappa shape index (κ2) is 6.70. The first-order valence-electron chi connectivity index (χ1n) is 8.38. The Morgan fingerprint density at radius 1 is 0.962 bits per heavy atom. The van der Waals surface area contributed by atoms with Gasteiger partial charge in [0.25, 0.3) is 5.56 Å². The Morgan fingerprint density at radius 2 is 1.69 bits per heavy atom. The summed E-state index contributed by atoms with van der Waals surface area (Å²) in [5.41, 5.74) is 4.67.